The number of carboxylic acids is 1. The molecule has 2 aromatic carbocycles. The fraction of sp³-hybridized carbons (Fsp3) is 0.348. The minimum Gasteiger partial charge on any atom is -0.480 e. The van der Waals surface area contributed by atoms with E-state index in [1.165, 1.54) is 11.8 Å². The predicted octanol–water partition coefficient (Wildman–Crippen LogP) is 2.99. The van der Waals surface area contributed by atoms with Crippen LogP contribution in [-0.2, 0) is 14.3 Å². The van der Waals surface area contributed by atoms with Crippen LogP contribution in [-0.4, -0.2) is 53.3 Å². The van der Waals surface area contributed by atoms with E-state index in [1.54, 1.807) is 0 Å². The second-order valence-corrected chi connectivity index (χ2v) is 8.78. The van der Waals surface area contributed by atoms with Crippen molar-refractivity contribution in [1.29, 1.82) is 0 Å². The number of carbonyl (C=O) groups excluding carboxylic acids is 2. The van der Waals surface area contributed by atoms with Crippen LogP contribution in [0.3, 0.4) is 0 Å². The molecule has 0 radical (unpaired) electrons. The van der Waals surface area contributed by atoms with Crippen molar-refractivity contribution in [3.8, 4) is 11.1 Å². The van der Waals surface area contributed by atoms with Gasteiger partial charge in [0.25, 0.3) is 0 Å². The molecule has 0 saturated carbocycles. The number of carbonyl (C=O) groups is 3. The Hall–Kier alpha value is -3.00. The fourth-order valence-electron chi connectivity index (χ4n) is 4.09. The summed E-state index contributed by atoms with van der Waals surface area (Å²) in [5, 5.41) is 14.7. The van der Waals surface area contributed by atoms with Crippen molar-refractivity contribution < 1.29 is 24.2 Å². The van der Waals surface area contributed by atoms with Gasteiger partial charge in [0.1, 0.15) is 12.6 Å². The highest BCUT2D eigenvalue weighted by Crippen LogP contribution is 2.44. The number of hydrogen-bond acceptors (Lipinski definition) is 5. The van der Waals surface area contributed by atoms with E-state index in [4.69, 9.17) is 4.74 Å². The lowest BCUT2D eigenvalue weighted by molar-refractivity contribution is -0.138. The van der Waals surface area contributed by atoms with Crippen molar-refractivity contribution in [2.24, 2.45) is 0 Å². The average Bonchev–Trinajstić information content (AvgIpc) is 3.32. The molecule has 0 spiro atoms. The molecule has 1 aliphatic carbocycles. The number of alkyl carbamates (subject to hydrolysis) is 1. The normalized spacial score (nSPS) is 18.1. The van der Waals surface area contributed by atoms with Gasteiger partial charge < -0.3 is 20.5 Å². The van der Waals surface area contributed by atoms with Gasteiger partial charge in [-0.25, -0.2) is 9.59 Å². The molecular formula is C23H24N2O5S. The van der Waals surface area contributed by atoms with Gasteiger partial charge in [-0.2, -0.15) is 11.8 Å². The maximum atomic E-state index is 12.3. The quantitative estimate of drug-likeness (QED) is 0.583. The lowest BCUT2D eigenvalue weighted by atomic mass is 9.98. The smallest absolute Gasteiger partial charge is 0.407 e. The molecular weight excluding hydrogens is 416 g/mol. The van der Waals surface area contributed by atoms with Gasteiger partial charge in [0, 0.05) is 29.9 Å². The van der Waals surface area contributed by atoms with Gasteiger partial charge in [0.2, 0.25) is 5.91 Å². The fourth-order valence-corrected chi connectivity index (χ4v) is 5.22. The third kappa shape index (κ3) is 4.85. The Balaban J connectivity index is 1.31. The Kier molecular flexibility index (Phi) is 6.46. The molecule has 1 fully saturated rings. The van der Waals surface area contributed by atoms with Gasteiger partial charge in [-0.15, -0.1) is 0 Å². The van der Waals surface area contributed by atoms with E-state index >= 15 is 0 Å². The molecule has 7 nitrogen and oxygen atoms in total. The van der Waals surface area contributed by atoms with Crippen molar-refractivity contribution >= 4 is 29.7 Å². The minimum absolute atomic E-state index is 0.0251. The van der Waals surface area contributed by atoms with Gasteiger partial charge >= 0.3 is 12.1 Å². The first-order valence-corrected chi connectivity index (χ1v) is 11.4. The van der Waals surface area contributed by atoms with Gasteiger partial charge in [-0.05, 0) is 28.7 Å². The Bertz CT molecular complexity index is 950. The lowest BCUT2D eigenvalue weighted by Gasteiger charge is -2.18. The summed E-state index contributed by atoms with van der Waals surface area (Å²) < 4.78 is 5.43. The molecule has 2 amide bonds. The Labute approximate surface area is 184 Å². The first kappa shape index (κ1) is 21.2. The summed E-state index contributed by atoms with van der Waals surface area (Å²) in [6.45, 7) is 0.132. The number of thioether (sulfide) groups is 1. The zero-order valence-corrected chi connectivity index (χ0v) is 17.7. The lowest BCUT2D eigenvalue weighted by Crippen LogP contribution is -2.43. The van der Waals surface area contributed by atoms with Crippen LogP contribution in [0.4, 0.5) is 4.79 Å². The van der Waals surface area contributed by atoms with Crippen LogP contribution >= 0.6 is 11.8 Å². The third-order valence-corrected chi connectivity index (χ3v) is 6.83. The zero-order valence-electron chi connectivity index (χ0n) is 16.9. The van der Waals surface area contributed by atoms with E-state index in [0.29, 0.717) is 12.2 Å². The molecule has 0 bridgehead atoms. The molecule has 1 saturated heterocycles. The molecule has 1 heterocycles. The number of ether oxygens (including phenoxy) is 1. The zero-order chi connectivity index (χ0) is 21.8. The summed E-state index contributed by atoms with van der Waals surface area (Å²) in [6.07, 6.45) is 0.513. The van der Waals surface area contributed by atoms with Crippen LogP contribution in [0.2, 0.25) is 0 Å². The molecule has 1 aliphatic heterocycles. The van der Waals surface area contributed by atoms with Gasteiger partial charge in [-0.3, -0.25) is 4.79 Å². The first-order chi connectivity index (χ1) is 15.0. The van der Waals surface area contributed by atoms with Crippen LogP contribution in [0.15, 0.2) is 48.5 Å². The summed E-state index contributed by atoms with van der Waals surface area (Å²) in [4.78, 5) is 35.1. The highest BCUT2D eigenvalue weighted by Gasteiger charge is 2.30. The van der Waals surface area contributed by atoms with Crippen LogP contribution in [0.25, 0.3) is 11.1 Å². The van der Waals surface area contributed by atoms with Crippen LogP contribution in [0, 0.1) is 0 Å². The average molecular weight is 441 g/mol. The van der Waals surface area contributed by atoms with Crippen molar-refractivity contribution in [2.75, 3.05) is 18.1 Å². The SMILES string of the molecule is O=C1CCC(CSCC(NC(=O)OCC2c3ccccc3-c3ccccc32)C(=O)O)N1. The molecule has 8 heteroatoms. The van der Waals surface area contributed by atoms with Crippen molar-refractivity contribution in [3.63, 3.8) is 0 Å². The van der Waals surface area contributed by atoms with E-state index in [0.717, 1.165) is 28.7 Å². The summed E-state index contributed by atoms with van der Waals surface area (Å²) in [5.74, 6) is -0.358. The number of aliphatic carboxylic acids is 1. The van der Waals surface area contributed by atoms with Crippen LogP contribution < -0.4 is 10.6 Å². The summed E-state index contributed by atoms with van der Waals surface area (Å²) in [6, 6.07) is 15.1. The molecule has 4 rings (SSSR count). The number of rotatable bonds is 8. The minimum atomic E-state index is -1.11. The summed E-state index contributed by atoms with van der Waals surface area (Å²) in [5.41, 5.74) is 4.46. The monoisotopic (exact) mass is 440 g/mol. The molecule has 3 N–H and O–H groups in total. The molecule has 31 heavy (non-hydrogen) atoms. The molecule has 2 aliphatic rings. The van der Waals surface area contributed by atoms with Crippen molar-refractivity contribution in [2.45, 2.75) is 30.8 Å². The van der Waals surface area contributed by atoms with E-state index in [9.17, 15) is 19.5 Å². The summed E-state index contributed by atoms with van der Waals surface area (Å²) >= 11 is 1.39. The van der Waals surface area contributed by atoms with E-state index < -0.39 is 18.1 Å². The highest BCUT2D eigenvalue weighted by atomic mass is 32.2. The number of benzene rings is 2. The number of carboxylic acid groups (broad SMARTS) is 1. The molecule has 162 valence electrons. The molecule has 0 aromatic heterocycles. The van der Waals surface area contributed by atoms with Crippen LogP contribution in [0.5, 0.6) is 0 Å². The number of hydrogen-bond donors (Lipinski definition) is 3. The Morgan fingerprint density at radius 2 is 1.77 bits per heavy atom. The number of amides is 2. The second kappa shape index (κ2) is 9.43. The Morgan fingerprint density at radius 3 is 2.35 bits per heavy atom. The van der Waals surface area contributed by atoms with E-state index in [2.05, 4.69) is 22.8 Å². The number of fused-ring (bicyclic) bond motifs is 3. The molecule has 2 unspecified atom stereocenters. The van der Waals surface area contributed by atoms with E-state index in [1.807, 2.05) is 36.4 Å². The largest absolute Gasteiger partial charge is 0.480 e. The highest BCUT2D eigenvalue weighted by molar-refractivity contribution is 7.99. The first-order valence-electron chi connectivity index (χ1n) is 10.2. The van der Waals surface area contributed by atoms with Gasteiger partial charge in [-0.1, -0.05) is 48.5 Å². The molecule has 2 aromatic rings. The Morgan fingerprint density at radius 1 is 1.13 bits per heavy atom. The molecule has 2 atom stereocenters. The standard InChI is InChI=1S/C23H24N2O5S/c26-21-10-9-14(24-21)12-31-13-20(22(27)28)25-23(29)30-11-19-17-7-3-1-5-15(17)16-6-2-4-8-18(16)19/h1-8,14,19-20H,9-13H2,(H,24,26)(H,25,29)(H,27,28). The van der Waals surface area contributed by atoms with Crippen molar-refractivity contribution in [1.82, 2.24) is 10.6 Å². The maximum absolute atomic E-state index is 12.3. The predicted molar refractivity (Wildman–Crippen MR) is 118 cm³/mol. The van der Waals surface area contributed by atoms with Gasteiger partial charge in [0.05, 0.1) is 0 Å². The summed E-state index contributed by atoms with van der Waals surface area (Å²) in [7, 11) is 0. The number of nitrogens with one attached hydrogen (secondary N) is 2. The topological polar surface area (TPSA) is 105 Å². The van der Waals surface area contributed by atoms with Gasteiger partial charge in [0.15, 0.2) is 0 Å². The van der Waals surface area contributed by atoms with E-state index in [-0.39, 0.29) is 30.2 Å². The van der Waals surface area contributed by atoms with Crippen molar-refractivity contribution in [3.05, 3.63) is 59.7 Å². The second-order valence-electron chi connectivity index (χ2n) is 7.70. The third-order valence-electron chi connectivity index (χ3n) is 5.62. The maximum Gasteiger partial charge on any atom is 0.407 e. The van der Waals surface area contributed by atoms with Crippen LogP contribution in [0.1, 0.15) is 29.9 Å².